The number of carboxylic acids is 1. The van der Waals surface area contributed by atoms with Gasteiger partial charge in [0, 0.05) is 40.9 Å². The highest BCUT2D eigenvalue weighted by atomic mass is 35.5. The number of halogens is 2. The van der Waals surface area contributed by atoms with Crippen molar-refractivity contribution >= 4 is 45.1 Å². The number of amides is 1. The smallest absolute Gasteiger partial charge is 0.304 e. The number of carbonyl (C=O) groups excluding carboxylic acids is 1. The van der Waals surface area contributed by atoms with Crippen LogP contribution in [-0.4, -0.2) is 47.9 Å². The standard InChI is InChI=1S/C31H33Cl2N3O5S/c1-31(16-28(37)38)15-26(23-5-2-6-25(33)14-23)29(22-9-11-24(32)12-10-22)36(30(31)39)27(21-7-8-21)18-35-42(40,41)19-20-4-3-13-34-17-20/h2-6,9-14,17,21,26-27,29,35H,7-8,15-16,18-19H2,1H3,(H,37,38)/t26?,27-,29-,31-/m1/s1. The Balaban J connectivity index is 1.58. The van der Waals surface area contributed by atoms with Gasteiger partial charge in [0.2, 0.25) is 15.9 Å². The second-order valence-electron chi connectivity index (χ2n) is 11.6. The molecule has 1 aromatic heterocycles. The lowest BCUT2D eigenvalue weighted by atomic mass is 9.67. The van der Waals surface area contributed by atoms with Crippen LogP contribution in [0.2, 0.25) is 10.0 Å². The molecule has 2 heterocycles. The Morgan fingerprint density at radius 1 is 1.10 bits per heavy atom. The average Bonchev–Trinajstić information content (AvgIpc) is 3.77. The van der Waals surface area contributed by atoms with Crippen molar-refractivity contribution in [3.63, 3.8) is 0 Å². The number of aliphatic carboxylic acids is 1. The fraction of sp³-hybridized carbons (Fsp3) is 0.387. The third kappa shape index (κ3) is 6.97. The van der Waals surface area contributed by atoms with Gasteiger partial charge in [0.05, 0.1) is 23.6 Å². The van der Waals surface area contributed by atoms with Crippen molar-refractivity contribution in [2.45, 2.75) is 56.4 Å². The van der Waals surface area contributed by atoms with Gasteiger partial charge in [-0.3, -0.25) is 14.6 Å². The Hall–Kier alpha value is -2.98. The number of nitrogens with zero attached hydrogens (tertiary/aromatic N) is 2. The summed E-state index contributed by atoms with van der Waals surface area (Å²) < 4.78 is 29.0. The molecule has 5 rings (SSSR count). The highest BCUT2D eigenvalue weighted by Crippen LogP contribution is 2.54. The van der Waals surface area contributed by atoms with E-state index >= 15 is 0 Å². The zero-order chi connectivity index (χ0) is 30.1. The molecule has 222 valence electrons. The van der Waals surface area contributed by atoms with Crippen LogP contribution >= 0.6 is 23.2 Å². The van der Waals surface area contributed by atoms with Crippen molar-refractivity contribution in [2.75, 3.05) is 6.54 Å². The molecule has 4 atom stereocenters. The molecule has 1 amide bonds. The van der Waals surface area contributed by atoms with Crippen LogP contribution in [0, 0.1) is 11.3 Å². The minimum absolute atomic E-state index is 0.00844. The zero-order valence-electron chi connectivity index (χ0n) is 23.1. The van der Waals surface area contributed by atoms with E-state index in [4.69, 9.17) is 23.2 Å². The van der Waals surface area contributed by atoms with E-state index in [-0.39, 0.29) is 42.9 Å². The first-order valence-corrected chi connectivity index (χ1v) is 16.3. The molecule has 1 saturated carbocycles. The maximum absolute atomic E-state index is 14.5. The largest absolute Gasteiger partial charge is 0.481 e. The third-order valence-electron chi connectivity index (χ3n) is 8.25. The molecule has 42 heavy (non-hydrogen) atoms. The number of rotatable bonds is 11. The van der Waals surface area contributed by atoms with Gasteiger partial charge in [0.1, 0.15) is 0 Å². The maximum atomic E-state index is 14.5. The predicted molar refractivity (Wildman–Crippen MR) is 162 cm³/mol. The SMILES string of the molecule is C[C@]1(CC(=O)O)CC(c2cccc(Cl)c2)[C@@H](c2ccc(Cl)cc2)N([C@H](CNS(=O)(=O)Cc2cccnc2)C2CC2)C1=O. The Morgan fingerprint density at radius 3 is 2.45 bits per heavy atom. The van der Waals surface area contributed by atoms with Crippen LogP contribution in [0.4, 0.5) is 0 Å². The summed E-state index contributed by atoms with van der Waals surface area (Å²) in [5.41, 5.74) is 1.04. The van der Waals surface area contributed by atoms with Crippen molar-refractivity contribution in [3.8, 4) is 0 Å². The van der Waals surface area contributed by atoms with Crippen LogP contribution in [0.3, 0.4) is 0 Å². The van der Waals surface area contributed by atoms with Gasteiger partial charge in [-0.15, -0.1) is 0 Å². The molecule has 2 fully saturated rings. The second kappa shape index (κ2) is 12.3. The molecule has 2 aliphatic rings. The molecule has 2 aromatic carbocycles. The molecule has 0 bridgehead atoms. The average molecular weight is 631 g/mol. The number of carboxylic acid groups (broad SMARTS) is 1. The van der Waals surface area contributed by atoms with Gasteiger partial charge in [-0.25, -0.2) is 13.1 Å². The number of piperidine rings is 1. The molecule has 0 spiro atoms. The topological polar surface area (TPSA) is 117 Å². The lowest BCUT2D eigenvalue weighted by Crippen LogP contribution is -2.59. The van der Waals surface area contributed by atoms with Gasteiger partial charge in [0.15, 0.2) is 0 Å². The molecule has 1 aliphatic carbocycles. The lowest BCUT2D eigenvalue weighted by Gasteiger charge is -2.52. The van der Waals surface area contributed by atoms with Crippen LogP contribution in [-0.2, 0) is 25.4 Å². The number of pyridine rings is 1. The van der Waals surface area contributed by atoms with E-state index in [1.165, 1.54) is 6.20 Å². The summed E-state index contributed by atoms with van der Waals surface area (Å²) in [6.45, 7) is 1.71. The monoisotopic (exact) mass is 629 g/mol. The Morgan fingerprint density at radius 2 is 1.83 bits per heavy atom. The minimum atomic E-state index is -3.76. The molecule has 1 aliphatic heterocycles. The number of hydrogen-bond donors (Lipinski definition) is 2. The van der Waals surface area contributed by atoms with Crippen molar-refractivity contribution in [1.82, 2.24) is 14.6 Å². The van der Waals surface area contributed by atoms with E-state index in [0.29, 0.717) is 15.6 Å². The number of hydrogen-bond acceptors (Lipinski definition) is 5. The second-order valence-corrected chi connectivity index (χ2v) is 14.3. The minimum Gasteiger partial charge on any atom is -0.481 e. The number of aromatic nitrogens is 1. The van der Waals surface area contributed by atoms with Crippen LogP contribution in [0.1, 0.15) is 61.3 Å². The van der Waals surface area contributed by atoms with Gasteiger partial charge >= 0.3 is 5.97 Å². The van der Waals surface area contributed by atoms with E-state index in [1.807, 2.05) is 30.3 Å². The fourth-order valence-corrected chi connectivity index (χ4v) is 7.65. The molecule has 8 nitrogen and oxygen atoms in total. The van der Waals surface area contributed by atoms with Crippen molar-refractivity contribution in [1.29, 1.82) is 0 Å². The molecular formula is C31H33Cl2N3O5S. The summed E-state index contributed by atoms with van der Waals surface area (Å²) in [4.78, 5) is 32.3. The predicted octanol–water partition coefficient (Wildman–Crippen LogP) is 5.82. The van der Waals surface area contributed by atoms with Gasteiger partial charge in [0.25, 0.3) is 0 Å². The first-order chi connectivity index (χ1) is 20.0. The zero-order valence-corrected chi connectivity index (χ0v) is 25.4. The van der Waals surface area contributed by atoms with Crippen molar-refractivity contribution in [3.05, 3.63) is 99.8 Å². The summed E-state index contributed by atoms with van der Waals surface area (Å²) in [6.07, 6.45) is 4.70. The summed E-state index contributed by atoms with van der Waals surface area (Å²) in [5.74, 6) is -1.85. The summed E-state index contributed by atoms with van der Waals surface area (Å²) in [7, 11) is -3.76. The van der Waals surface area contributed by atoms with E-state index in [2.05, 4.69) is 9.71 Å². The summed E-state index contributed by atoms with van der Waals surface area (Å²) in [5, 5.41) is 10.9. The van der Waals surface area contributed by atoms with E-state index in [0.717, 1.165) is 24.0 Å². The van der Waals surface area contributed by atoms with E-state index in [1.54, 1.807) is 48.4 Å². The van der Waals surface area contributed by atoms with Gasteiger partial charge < -0.3 is 10.0 Å². The van der Waals surface area contributed by atoms with E-state index in [9.17, 15) is 23.1 Å². The van der Waals surface area contributed by atoms with Gasteiger partial charge in [-0.2, -0.15) is 0 Å². The summed E-state index contributed by atoms with van der Waals surface area (Å²) in [6, 6.07) is 17.1. The maximum Gasteiger partial charge on any atom is 0.304 e. The molecule has 3 aromatic rings. The highest BCUT2D eigenvalue weighted by Gasteiger charge is 2.54. The van der Waals surface area contributed by atoms with Gasteiger partial charge in [-0.1, -0.05) is 60.5 Å². The van der Waals surface area contributed by atoms with Crippen LogP contribution in [0.15, 0.2) is 73.1 Å². The number of nitrogens with one attached hydrogen (secondary N) is 1. The fourth-order valence-electron chi connectivity index (χ4n) is 6.18. The van der Waals surface area contributed by atoms with Crippen LogP contribution in [0.5, 0.6) is 0 Å². The molecular weight excluding hydrogens is 597 g/mol. The summed E-state index contributed by atoms with van der Waals surface area (Å²) >= 11 is 12.7. The first kappa shape index (κ1) is 30.5. The lowest BCUT2D eigenvalue weighted by molar-refractivity contribution is -0.161. The van der Waals surface area contributed by atoms with Gasteiger partial charge in [-0.05, 0) is 72.2 Å². The normalized spacial score (nSPS) is 23.5. The Labute approximate surface area is 256 Å². The van der Waals surface area contributed by atoms with E-state index < -0.39 is 33.5 Å². The molecule has 11 heteroatoms. The molecule has 1 unspecified atom stereocenters. The third-order valence-corrected chi connectivity index (χ3v) is 10.1. The van der Waals surface area contributed by atoms with Crippen LogP contribution in [0.25, 0.3) is 0 Å². The number of sulfonamides is 1. The first-order valence-electron chi connectivity index (χ1n) is 13.9. The Kier molecular flexibility index (Phi) is 8.94. The molecule has 0 radical (unpaired) electrons. The quantitative estimate of drug-likeness (QED) is 0.276. The molecule has 2 N–H and O–H groups in total. The van der Waals surface area contributed by atoms with Crippen molar-refractivity contribution in [2.24, 2.45) is 11.3 Å². The Bertz CT molecular complexity index is 1550. The molecule has 1 saturated heterocycles. The highest BCUT2D eigenvalue weighted by molar-refractivity contribution is 7.88. The number of benzene rings is 2. The number of carbonyl (C=O) groups is 2. The number of likely N-dealkylation sites (tertiary alicyclic amines) is 1. The van der Waals surface area contributed by atoms with Crippen LogP contribution < -0.4 is 4.72 Å². The van der Waals surface area contributed by atoms with Crippen molar-refractivity contribution < 1.29 is 23.1 Å².